The number of hydroxylamine groups is 1. The molecule has 0 unspecified atom stereocenters. The van der Waals surface area contributed by atoms with Gasteiger partial charge in [0.15, 0.2) is 4.80 Å². The summed E-state index contributed by atoms with van der Waals surface area (Å²) < 4.78 is 3.04. The third-order valence-corrected chi connectivity index (χ3v) is 3.92. The van der Waals surface area contributed by atoms with Crippen LogP contribution in [0.4, 0.5) is 4.79 Å². The van der Waals surface area contributed by atoms with Gasteiger partial charge < -0.3 is 4.57 Å². The summed E-state index contributed by atoms with van der Waals surface area (Å²) in [6, 6.07) is 7.45. The number of fused-ring (bicyclic) bond motifs is 1. The minimum atomic E-state index is -0.490. The van der Waals surface area contributed by atoms with Crippen LogP contribution in [-0.4, -0.2) is 17.2 Å². The lowest BCUT2D eigenvalue weighted by molar-refractivity contribution is 0.0623. The van der Waals surface area contributed by atoms with Crippen LogP contribution in [0.1, 0.15) is 19.8 Å². The van der Waals surface area contributed by atoms with Gasteiger partial charge in [-0.2, -0.15) is 4.99 Å². The fourth-order valence-electron chi connectivity index (χ4n) is 1.85. The van der Waals surface area contributed by atoms with Crippen molar-refractivity contribution in [1.82, 2.24) is 10.0 Å². The molecule has 0 radical (unpaired) electrons. The number of thiazole rings is 1. The summed E-state index contributed by atoms with van der Waals surface area (Å²) in [5.41, 5.74) is 3.38. The number of hydrogen-bond acceptors (Lipinski definition) is 3. The Morgan fingerprint density at radius 1 is 1.52 bits per heavy atom. The third kappa shape index (κ3) is 4.03. The van der Waals surface area contributed by atoms with Crippen LogP contribution in [0.3, 0.4) is 0 Å². The monoisotopic (exact) mass is 305 g/mol. The number of amides is 2. The highest BCUT2D eigenvalue weighted by molar-refractivity contribution is 7.16. The molecule has 0 saturated carbocycles. The minimum Gasteiger partial charge on any atom is -0.312 e. The van der Waals surface area contributed by atoms with E-state index in [4.69, 9.17) is 4.84 Å². The molecule has 2 rings (SSSR count). The fourth-order valence-corrected chi connectivity index (χ4v) is 2.89. The molecule has 2 amide bonds. The van der Waals surface area contributed by atoms with Crippen LogP contribution in [0.25, 0.3) is 10.2 Å². The number of carbonyl (C=O) groups excluding carboxylic acids is 1. The van der Waals surface area contributed by atoms with Gasteiger partial charge in [0.25, 0.3) is 0 Å². The van der Waals surface area contributed by atoms with Gasteiger partial charge in [0.05, 0.1) is 16.8 Å². The van der Waals surface area contributed by atoms with E-state index >= 15 is 0 Å². The zero-order chi connectivity index (χ0) is 15.1. The number of rotatable bonds is 6. The normalized spacial score (nSPS) is 11.8. The van der Waals surface area contributed by atoms with Crippen molar-refractivity contribution in [3.05, 3.63) is 41.7 Å². The highest BCUT2D eigenvalue weighted by Crippen LogP contribution is 2.16. The Bertz CT molecular complexity index is 688. The summed E-state index contributed by atoms with van der Waals surface area (Å²) in [7, 11) is 0. The molecule has 112 valence electrons. The molecule has 0 aliphatic carbocycles. The summed E-state index contributed by atoms with van der Waals surface area (Å²) in [6.45, 7) is 6.91. The molecule has 0 atom stereocenters. The first kappa shape index (κ1) is 15.5. The number of urea groups is 1. The van der Waals surface area contributed by atoms with Crippen LogP contribution in [0.2, 0.25) is 0 Å². The number of nitrogens with one attached hydrogen (secondary N) is 1. The van der Waals surface area contributed by atoms with Crippen molar-refractivity contribution in [3.63, 3.8) is 0 Å². The average Bonchev–Trinajstić information content (AvgIpc) is 2.82. The predicted octanol–water partition coefficient (Wildman–Crippen LogP) is 3.23. The number of benzene rings is 1. The lowest BCUT2D eigenvalue weighted by Gasteiger charge is -2.02. The maximum atomic E-state index is 11.8. The van der Waals surface area contributed by atoms with Gasteiger partial charge in [0.1, 0.15) is 0 Å². The number of para-hydroxylation sites is 1. The van der Waals surface area contributed by atoms with E-state index in [2.05, 4.69) is 24.0 Å². The van der Waals surface area contributed by atoms with Crippen molar-refractivity contribution < 1.29 is 9.63 Å². The summed E-state index contributed by atoms with van der Waals surface area (Å²) in [6.07, 6.45) is 3.70. The van der Waals surface area contributed by atoms with Crippen LogP contribution in [-0.2, 0) is 11.4 Å². The lowest BCUT2D eigenvalue weighted by Crippen LogP contribution is -2.25. The Kier molecular flexibility index (Phi) is 5.71. The smallest absolute Gasteiger partial charge is 0.312 e. The van der Waals surface area contributed by atoms with E-state index in [0.717, 1.165) is 23.1 Å². The van der Waals surface area contributed by atoms with E-state index in [-0.39, 0.29) is 0 Å². The molecule has 0 bridgehead atoms. The highest BCUT2D eigenvalue weighted by Gasteiger charge is 2.06. The molecule has 0 fully saturated rings. The molecule has 0 aliphatic rings. The van der Waals surface area contributed by atoms with E-state index in [9.17, 15) is 4.79 Å². The van der Waals surface area contributed by atoms with Crippen molar-refractivity contribution in [2.24, 2.45) is 4.99 Å². The molecule has 1 heterocycles. The first-order valence-corrected chi connectivity index (χ1v) is 7.73. The highest BCUT2D eigenvalue weighted by atomic mass is 32.1. The Morgan fingerprint density at radius 2 is 2.33 bits per heavy atom. The molecule has 1 N–H and O–H groups in total. The number of aromatic nitrogens is 1. The van der Waals surface area contributed by atoms with Crippen molar-refractivity contribution in [3.8, 4) is 0 Å². The summed E-state index contributed by atoms with van der Waals surface area (Å²) >= 11 is 1.47. The molecule has 0 saturated heterocycles. The molecule has 5 nitrogen and oxygen atoms in total. The van der Waals surface area contributed by atoms with Gasteiger partial charge in [-0.05, 0) is 18.6 Å². The number of carbonyl (C=O) groups is 1. The Labute approximate surface area is 127 Å². The van der Waals surface area contributed by atoms with E-state index in [1.165, 1.54) is 11.3 Å². The van der Waals surface area contributed by atoms with Crippen molar-refractivity contribution in [2.75, 3.05) is 6.61 Å². The zero-order valence-corrected chi connectivity index (χ0v) is 12.9. The summed E-state index contributed by atoms with van der Waals surface area (Å²) in [5.74, 6) is 0. The van der Waals surface area contributed by atoms with E-state index in [1.54, 1.807) is 6.08 Å². The number of allylic oxidation sites excluding steroid dienone is 1. The van der Waals surface area contributed by atoms with Crippen molar-refractivity contribution in [2.45, 2.75) is 26.3 Å². The quantitative estimate of drug-likeness (QED) is 0.506. The van der Waals surface area contributed by atoms with Gasteiger partial charge in [-0.1, -0.05) is 42.9 Å². The SMILES string of the molecule is C=CCn1c(=NC(=O)NOCCCC)sc2ccccc21. The largest absolute Gasteiger partial charge is 0.367 e. The number of unbranched alkanes of at least 4 members (excludes halogenated alkanes) is 1. The molecular formula is C15H19N3O2S. The maximum absolute atomic E-state index is 11.8. The lowest BCUT2D eigenvalue weighted by atomic mass is 10.3. The second-order valence-corrected chi connectivity index (χ2v) is 5.48. The Morgan fingerprint density at radius 3 is 3.10 bits per heavy atom. The van der Waals surface area contributed by atoms with E-state index < -0.39 is 6.03 Å². The molecule has 0 spiro atoms. The standard InChI is InChI=1S/C15H19N3O2S/c1-3-5-11-20-17-14(19)16-15-18(10-4-2)12-8-6-7-9-13(12)21-15/h4,6-9H,2-3,5,10-11H2,1H3,(H,17,19). The molecular weight excluding hydrogens is 286 g/mol. The van der Waals surface area contributed by atoms with Crippen molar-refractivity contribution >= 4 is 27.6 Å². The predicted molar refractivity (Wildman–Crippen MR) is 85.0 cm³/mol. The molecule has 21 heavy (non-hydrogen) atoms. The number of nitrogens with zero attached hydrogens (tertiary/aromatic N) is 2. The Hall–Kier alpha value is -1.92. The molecule has 6 heteroatoms. The van der Waals surface area contributed by atoms with Gasteiger partial charge in [0, 0.05) is 6.54 Å². The van der Waals surface area contributed by atoms with E-state index in [0.29, 0.717) is 18.0 Å². The average molecular weight is 305 g/mol. The van der Waals surface area contributed by atoms with Crippen LogP contribution in [0, 0.1) is 0 Å². The zero-order valence-electron chi connectivity index (χ0n) is 12.0. The van der Waals surface area contributed by atoms with Crippen molar-refractivity contribution in [1.29, 1.82) is 0 Å². The second-order valence-electron chi connectivity index (χ2n) is 4.47. The maximum Gasteiger partial charge on any atom is 0.367 e. The van der Waals surface area contributed by atoms with Gasteiger partial charge in [-0.3, -0.25) is 4.84 Å². The van der Waals surface area contributed by atoms with Crippen LogP contribution in [0.5, 0.6) is 0 Å². The minimum absolute atomic E-state index is 0.490. The summed E-state index contributed by atoms with van der Waals surface area (Å²) in [4.78, 5) is 21.5. The van der Waals surface area contributed by atoms with Crippen LogP contribution < -0.4 is 10.3 Å². The fraction of sp³-hybridized carbons (Fsp3) is 0.333. The van der Waals surface area contributed by atoms with Crippen LogP contribution >= 0.6 is 11.3 Å². The molecule has 2 aromatic rings. The molecule has 0 aliphatic heterocycles. The number of hydrogen-bond donors (Lipinski definition) is 1. The topological polar surface area (TPSA) is 55.6 Å². The second kappa shape index (κ2) is 7.75. The Balaban J connectivity index is 2.23. The molecule has 1 aromatic carbocycles. The van der Waals surface area contributed by atoms with E-state index in [1.807, 2.05) is 28.8 Å². The first-order chi connectivity index (χ1) is 10.3. The third-order valence-electron chi connectivity index (χ3n) is 2.86. The van der Waals surface area contributed by atoms with Gasteiger partial charge in [0.2, 0.25) is 0 Å². The van der Waals surface area contributed by atoms with Gasteiger partial charge >= 0.3 is 6.03 Å². The van der Waals surface area contributed by atoms with Gasteiger partial charge in [-0.25, -0.2) is 10.3 Å². The summed E-state index contributed by atoms with van der Waals surface area (Å²) in [5, 5.41) is 0. The first-order valence-electron chi connectivity index (χ1n) is 6.92. The molecule has 1 aromatic heterocycles. The van der Waals surface area contributed by atoms with Gasteiger partial charge in [-0.15, -0.1) is 6.58 Å². The van der Waals surface area contributed by atoms with Crippen LogP contribution in [0.15, 0.2) is 41.9 Å².